The minimum Gasteiger partial charge on any atom is -0.483 e. The first-order chi connectivity index (χ1) is 10.3. The van der Waals surface area contributed by atoms with Crippen LogP contribution in [-0.2, 0) is 11.2 Å². The van der Waals surface area contributed by atoms with Gasteiger partial charge in [-0.2, -0.15) is 0 Å². The van der Waals surface area contributed by atoms with Gasteiger partial charge in [-0.3, -0.25) is 4.79 Å². The van der Waals surface area contributed by atoms with E-state index in [9.17, 15) is 4.79 Å². The van der Waals surface area contributed by atoms with Gasteiger partial charge in [-0.1, -0.05) is 17.7 Å². The van der Waals surface area contributed by atoms with Crippen LogP contribution in [0.3, 0.4) is 0 Å². The largest absolute Gasteiger partial charge is 0.483 e. The second-order valence-corrected chi connectivity index (χ2v) is 6.64. The predicted octanol–water partition coefficient (Wildman–Crippen LogP) is 3.84. The fourth-order valence-electron chi connectivity index (χ4n) is 2.35. The Morgan fingerprint density at radius 2 is 2.05 bits per heavy atom. The summed E-state index contributed by atoms with van der Waals surface area (Å²) < 4.78 is 5.92. The molecule has 0 atom stereocenters. The number of ether oxygens (including phenoxy) is 1. The molecule has 0 spiro atoms. The number of hydrogen-bond acceptors (Lipinski definition) is 2. The molecule has 0 fully saturated rings. The Morgan fingerprint density at radius 1 is 1.32 bits per heavy atom. The van der Waals surface area contributed by atoms with Crippen molar-refractivity contribution < 1.29 is 9.53 Å². The van der Waals surface area contributed by atoms with Gasteiger partial charge in [-0.15, -0.1) is 0 Å². The summed E-state index contributed by atoms with van der Waals surface area (Å²) in [4.78, 5) is 13.6. The van der Waals surface area contributed by atoms with E-state index in [0.29, 0.717) is 6.54 Å². The van der Waals surface area contributed by atoms with Crippen LogP contribution in [0.5, 0.6) is 5.75 Å². The van der Waals surface area contributed by atoms with Crippen molar-refractivity contribution >= 4 is 12.0 Å². The average molecular weight is 299 g/mol. The van der Waals surface area contributed by atoms with E-state index in [1.165, 1.54) is 5.56 Å². The Kier molecular flexibility index (Phi) is 4.74. The van der Waals surface area contributed by atoms with E-state index in [0.717, 1.165) is 23.3 Å². The third kappa shape index (κ3) is 4.23. The molecule has 1 aliphatic rings. The van der Waals surface area contributed by atoms with Gasteiger partial charge in [0.2, 0.25) is 5.91 Å². The topological polar surface area (TPSA) is 29.5 Å². The molecule has 22 heavy (non-hydrogen) atoms. The highest BCUT2D eigenvalue weighted by molar-refractivity contribution is 5.87. The number of benzene rings is 1. The van der Waals surface area contributed by atoms with Crippen LogP contribution in [-0.4, -0.2) is 30.0 Å². The van der Waals surface area contributed by atoms with Crippen molar-refractivity contribution in [3.05, 3.63) is 47.1 Å². The summed E-state index contributed by atoms with van der Waals surface area (Å²) >= 11 is 0. The van der Waals surface area contributed by atoms with Crippen molar-refractivity contribution in [3.8, 4) is 5.75 Å². The molecule has 0 aliphatic carbocycles. The molecular formula is C19H25NO2. The minimum absolute atomic E-state index is 0.0583. The van der Waals surface area contributed by atoms with Crippen molar-refractivity contribution in [1.29, 1.82) is 0 Å². The van der Waals surface area contributed by atoms with E-state index < -0.39 is 0 Å². The number of rotatable bonds is 4. The summed E-state index contributed by atoms with van der Waals surface area (Å²) in [7, 11) is 1.84. The van der Waals surface area contributed by atoms with Crippen molar-refractivity contribution in [2.24, 2.45) is 0 Å². The maximum absolute atomic E-state index is 11.9. The molecule has 0 bridgehead atoms. The average Bonchev–Trinajstić information content (AvgIpc) is 2.43. The molecule has 118 valence electrons. The van der Waals surface area contributed by atoms with Gasteiger partial charge in [0.1, 0.15) is 11.4 Å². The molecule has 0 saturated heterocycles. The number of carbonyl (C=O) groups excluding carboxylic acids is 1. The van der Waals surface area contributed by atoms with Gasteiger partial charge in [0, 0.05) is 25.2 Å². The lowest BCUT2D eigenvalue weighted by Gasteiger charge is -2.28. The molecular weight excluding hydrogens is 274 g/mol. The minimum atomic E-state index is -0.245. The number of amides is 1. The second kappa shape index (κ2) is 6.39. The normalized spacial score (nSPS) is 14.8. The van der Waals surface area contributed by atoms with Gasteiger partial charge < -0.3 is 9.64 Å². The fraction of sp³-hybridized carbons (Fsp3) is 0.421. The monoisotopic (exact) mass is 299 g/mol. The summed E-state index contributed by atoms with van der Waals surface area (Å²) in [5, 5.41) is 0. The Hall–Kier alpha value is -2.03. The van der Waals surface area contributed by atoms with Crippen LogP contribution < -0.4 is 4.74 Å². The molecule has 0 unspecified atom stereocenters. The van der Waals surface area contributed by atoms with E-state index in [1.807, 2.05) is 40.8 Å². The summed E-state index contributed by atoms with van der Waals surface area (Å²) in [5.74, 6) is 0.980. The Morgan fingerprint density at radius 3 is 2.73 bits per heavy atom. The maximum Gasteiger partial charge on any atom is 0.246 e. The number of allylic oxidation sites excluding steroid dienone is 1. The first-order valence-corrected chi connectivity index (χ1v) is 7.68. The summed E-state index contributed by atoms with van der Waals surface area (Å²) in [5.41, 5.74) is 3.10. The predicted molar refractivity (Wildman–Crippen MR) is 91.0 cm³/mol. The van der Waals surface area contributed by atoms with Crippen molar-refractivity contribution in [2.75, 3.05) is 13.6 Å². The number of fused-ring (bicyclic) bond motifs is 1. The van der Waals surface area contributed by atoms with Gasteiger partial charge in [-0.25, -0.2) is 0 Å². The van der Waals surface area contributed by atoms with Gasteiger partial charge in [0.25, 0.3) is 0 Å². The third-order valence-corrected chi connectivity index (χ3v) is 3.64. The molecule has 1 aliphatic heterocycles. The lowest BCUT2D eigenvalue weighted by molar-refractivity contribution is -0.124. The molecule has 1 aromatic rings. The first kappa shape index (κ1) is 16.3. The van der Waals surface area contributed by atoms with E-state index in [2.05, 4.69) is 24.3 Å². The quantitative estimate of drug-likeness (QED) is 0.791. The summed E-state index contributed by atoms with van der Waals surface area (Å²) in [6.07, 6.45) is 6.69. The number of hydrogen-bond donors (Lipinski definition) is 0. The zero-order valence-electron chi connectivity index (χ0n) is 14.1. The van der Waals surface area contributed by atoms with Crippen LogP contribution in [0.15, 0.2) is 35.9 Å². The number of likely N-dealkylation sites (N-methyl/N-ethyl adjacent to an activating group) is 1. The molecule has 1 aromatic carbocycles. The van der Waals surface area contributed by atoms with Crippen LogP contribution in [0.2, 0.25) is 0 Å². The highest BCUT2D eigenvalue weighted by Crippen LogP contribution is 2.31. The van der Waals surface area contributed by atoms with Gasteiger partial charge in [-0.05, 0) is 57.9 Å². The van der Waals surface area contributed by atoms with Crippen molar-refractivity contribution in [2.45, 2.75) is 39.7 Å². The molecule has 1 heterocycles. The zero-order valence-corrected chi connectivity index (χ0v) is 14.1. The highest BCUT2D eigenvalue weighted by atomic mass is 16.5. The fourth-order valence-corrected chi connectivity index (χ4v) is 2.35. The molecule has 2 rings (SSSR count). The van der Waals surface area contributed by atoms with Crippen LogP contribution >= 0.6 is 0 Å². The van der Waals surface area contributed by atoms with Gasteiger partial charge in [0.05, 0.1) is 0 Å². The summed E-state index contributed by atoms with van der Waals surface area (Å²) in [6.45, 7) is 8.66. The maximum atomic E-state index is 11.9. The first-order valence-electron chi connectivity index (χ1n) is 7.68. The highest BCUT2D eigenvalue weighted by Gasteiger charge is 2.21. The van der Waals surface area contributed by atoms with Crippen molar-refractivity contribution in [3.63, 3.8) is 0 Å². The second-order valence-electron chi connectivity index (χ2n) is 6.64. The molecule has 3 heteroatoms. The molecule has 3 nitrogen and oxygen atoms in total. The zero-order chi connectivity index (χ0) is 16.3. The molecule has 0 N–H and O–H groups in total. The molecule has 0 aromatic heterocycles. The van der Waals surface area contributed by atoms with Crippen LogP contribution in [0, 0.1) is 0 Å². The van der Waals surface area contributed by atoms with Crippen LogP contribution in [0.1, 0.15) is 38.8 Å². The van der Waals surface area contributed by atoms with E-state index in [1.54, 1.807) is 11.0 Å². The number of nitrogens with zero attached hydrogens (tertiary/aromatic N) is 1. The van der Waals surface area contributed by atoms with E-state index >= 15 is 0 Å². The summed E-state index contributed by atoms with van der Waals surface area (Å²) in [6, 6.07) is 6.24. The smallest absolute Gasteiger partial charge is 0.246 e. The SMILES string of the molecule is CC(C)=CC(=O)N(C)CCc1ccc2c(c1)C=CC(C)(C)O2. The lowest BCUT2D eigenvalue weighted by Crippen LogP contribution is -2.28. The third-order valence-electron chi connectivity index (χ3n) is 3.64. The molecule has 1 amide bonds. The molecule has 0 radical (unpaired) electrons. The Bertz CT molecular complexity index is 622. The van der Waals surface area contributed by atoms with E-state index in [-0.39, 0.29) is 11.5 Å². The van der Waals surface area contributed by atoms with Crippen molar-refractivity contribution in [1.82, 2.24) is 4.90 Å². The lowest BCUT2D eigenvalue weighted by atomic mass is 10.00. The van der Waals surface area contributed by atoms with Crippen LogP contribution in [0.4, 0.5) is 0 Å². The van der Waals surface area contributed by atoms with E-state index in [4.69, 9.17) is 4.74 Å². The van der Waals surface area contributed by atoms with Crippen LogP contribution in [0.25, 0.3) is 6.08 Å². The Balaban J connectivity index is 2.01. The number of carbonyl (C=O) groups is 1. The van der Waals surface area contributed by atoms with Gasteiger partial charge in [0.15, 0.2) is 0 Å². The Labute approximate surface area is 133 Å². The van der Waals surface area contributed by atoms with Gasteiger partial charge >= 0.3 is 0 Å². The standard InChI is InChI=1S/C19H25NO2/c1-14(2)12-18(21)20(5)11-9-15-6-7-17-16(13-15)8-10-19(3,4)22-17/h6-8,10,12-13H,9,11H2,1-5H3. The molecule has 0 saturated carbocycles.